The number of amides is 1. The van der Waals surface area contributed by atoms with Crippen molar-refractivity contribution < 1.29 is 19.0 Å². The van der Waals surface area contributed by atoms with Crippen molar-refractivity contribution in [3.05, 3.63) is 35.6 Å². The molecule has 1 aromatic carbocycles. The van der Waals surface area contributed by atoms with Crippen LogP contribution in [0, 0.1) is 5.82 Å². The molecule has 0 spiro atoms. The van der Waals surface area contributed by atoms with Gasteiger partial charge in [-0.25, -0.2) is 4.39 Å². The highest BCUT2D eigenvalue weighted by Gasteiger charge is 2.48. The first kappa shape index (κ1) is 14.4. The van der Waals surface area contributed by atoms with Crippen molar-refractivity contribution in [2.24, 2.45) is 0 Å². The molecule has 1 atom stereocenters. The van der Waals surface area contributed by atoms with E-state index in [4.69, 9.17) is 4.74 Å². The van der Waals surface area contributed by atoms with Crippen LogP contribution in [0.4, 0.5) is 4.39 Å². The molecule has 1 unspecified atom stereocenters. The van der Waals surface area contributed by atoms with E-state index in [-0.39, 0.29) is 11.7 Å². The summed E-state index contributed by atoms with van der Waals surface area (Å²) < 4.78 is 19.5. The molecule has 1 saturated carbocycles. The Hall–Kier alpha value is -1.50. The Morgan fingerprint density at radius 3 is 2.81 bits per heavy atom. The molecule has 3 rings (SSSR count). The molecule has 1 saturated heterocycles. The molecular weight excluding hydrogens is 275 g/mol. The van der Waals surface area contributed by atoms with Crippen LogP contribution in [0.5, 0.6) is 0 Å². The van der Waals surface area contributed by atoms with Gasteiger partial charge in [-0.05, 0) is 6.07 Å². The lowest BCUT2D eigenvalue weighted by Gasteiger charge is -2.47. The zero-order valence-electron chi connectivity index (χ0n) is 11.6. The van der Waals surface area contributed by atoms with Crippen LogP contribution in [0.1, 0.15) is 18.4 Å². The Morgan fingerprint density at radius 2 is 2.19 bits per heavy atom. The molecule has 1 aromatic rings. The molecule has 2 aliphatic rings. The van der Waals surface area contributed by atoms with Crippen molar-refractivity contribution in [2.45, 2.75) is 30.6 Å². The minimum atomic E-state index is -0.831. The van der Waals surface area contributed by atoms with Gasteiger partial charge >= 0.3 is 0 Å². The quantitative estimate of drug-likeness (QED) is 0.749. The van der Waals surface area contributed by atoms with Crippen molar-refractivity contribution >= 4 is 5.91 Å². The molecule has 0 bridgehead atoms. The van der Waals surface area contributed by atoms with Crippen molar-refractivity contribution in [3.63, 3.8) is 0 Å². The van der Waals surface area contributed by atoms with Gasteiger partial charge in [0.1, 0.15) is 11.9 Å². The number of ether oxygens (including phenoxy) is 1. The standard InChI is InChI=1S/C15H19FN2O3/c16-12-4-2-1-3-11(12)15(7-10(19)8-15)18-14(20)13-9-17-5-6-21-13/h1-4,10,13,17,19H,5-9H2,(H,18,20). The van der Waals surface area contributed by atoms with E-state index in [0.29, 0.717) is 31.6 Å². The van der Waals surface area contributed by atoms with E-state index < -0.39 is 17.7 Å². The molecule has 0 aromatic heterocycles. The molecular formula is C15H19FN2O3. The number of hydrogen-bond acceptors (Lipinski definition) is 4. The molecule has 0 radical (unpaired) electrons. The highest BCUT2D eigenvalue weighted by Crippen LogP contribution is 2.42. The second-order valence-corrected chi connectivity index (χ2v) is 5.68. The smallest absolute Gasteiger partial charge is 0.251 e. The average molecular weight is 294 g/mol. The van der Waals surface area contributed by atoms with E-state index in [9.17, 15) is 14.3 Å². The van der Waals surface area contributed by atoms with Gasteiger partial charge in [-0.15, -0.1) is 0 Å². The lowest BCUT2D eigenvalue weighted by atomic mass is 9.69. The van der Waals surface area contributed by atoms with Crippen LogP contribution in [-0.4, -0.2) is 42.9 Å². The van der Waals surface area contributed by atoms with Gasteiger partial charge in [0.15, 0.2) is 0 Å². The highest BCUT2D eigenvalue weighted by molar-refractivity contribution is 5.82. The largest absolute Gasteiger partial charge is 0.393 e. The maximum Gasteiger partial charge on any atom is 0.251 e. The first-order valence-corrected chi connectivity index (χ1v) is 7.18. The maximum atomic E-state index is 14.0. The van der Waals surface area contributed by atoms with Gasteiger partial charge in [0, 0.05) is 31.5 Å². The van der Waals surface area contributed by atoms with Gasteiger partial charge < -0.3 is 20.5 Å². The average Bonchev–Trinajstić information content (AvgIpc) is 2.46. The first-order valence-electron chi connectivity index (χ1n) is 7.18. The fraction of sp³-hybridized carbons (Fsp3) is 0.533. The third-order valence-electron chi connectivity index (χ3n) is 4.14. The highest BCUT2D eigenvalue weighted by atomic mass is 19.1. The minimum absolute atomic E-state index is 0.266. The summed E-state index contributed by atoms with van der Waals surface area (Å²) in [5, 5.41) is 15.6. The van der Waals surface area contributed by atoms with Crippen LogP contribution in [-0.2, 0) is 15.1 Å². The number of aliphatic hydroxyl groups excluding tert-OH is 1. The van der Waals surface area contributed by atoms with Gasteiger partial charge in [-0.2, -0.15) is 0 Å². The van der Waals surface area contributed by atoms with Crippen LogP contribution < -0.4 is 10.6 Å². The van der Waals surface area contributed by atoms with Crippen molar-refractivity contribution in [3.8, 4) is 0 Å². The lowest BCUT2D eigenvalue weighted by molar-refractivity contribution is -0.139. The van der Waals surface area contributed by atoms with Crippen LogP contribution >= 0.6 is 0 Å². The molecule has 2 fully saturated rings. The number of aliphatic hydroxyl groups is 1. The number of benzene rings is 1. The molecule has 1 aliphatic carbocycles. The normalized spacial score (nSPS) is 32.3. The summed E-state index contributed by atoms with van der Waals surface area (Å²) in [5.74, 6) is -0.634. The van der Waals surface area contributed by atoms with Crippen LogP contribution in [0.15, 0.2) is 24.3 Å². The molecule has 21 heavy (non-hydrogen) atoms. The van der Waals surface area contributed by atoms with E-state index in [0.717, 1.165) is 6.54 Å². The number of rotatable bonds is 3. The van der Waals surface area contributed by atoms with E-state index in [2.05, 4.69) is 10.6 Å². The van der Waals surface area contributed by atoms with Crippen LogP contribution in [0.2, 0.25) is 0 Å². The van der Waals surface area contributed by atoms with Gasteiger partial charge in [0.05, 0.1) is 18.2 Å². The molecule has 1 aliphatic heterocycles. The fourth-order valence-corrected chi connectivity index (χ4v) is 3.03. The summed E-state index contributed by atoms with van der Waals surface area (Å²) in [6, 6.07) is 6.36. The fourth-order valence-electron chi connectivity index (χ4n) is 3.03. The number of hydrogen-bond donors (Lipinski definition) is 3. The zero-order chi connectivity index (χ0) is 14.9. The first-order chi connectivity index (χ1) is 10.1. The number of nitrogens with one attached hydrogen (secondary N) is 2. The third kappa shape index (κ3) is 2.79. The van der Waals surface area contributed by atoms with Crippen molar-refractivity contribution in [1.82, 2.24) is 10.6 Å². The van der Waals surface area contributed by atoms with Crippen molar-refractivity contribution in [1.29, 1.82) is 0 Å². The van der Waals surface area contributed by atoms with Crippen molar-refractivity contribution in [2.75, 3.05) is 19.7 Å². The Morgan fingerprint density at radius 1 is 1.43 bits per heavy atom. The SMILES string of the molecule is O=C(NC1(c2ccccc2F)CC(O)C1)C1CNCCO1. The third-order valence-corrected chi connectivity index (χ3v) is 4.14. The second-order valence-electron chi connectivity index (χ2n) is 5.68. The Kier molecular flexibility index (Phi) is 3.93. The van der Waals surface area contributed by atoms with E-state index in [1.807, 2.05) is 0 Å². The summed E-state index contributed by atoms with van der Waals surface area (Å²) in [6.45, 7) is 1.65. The van der Waals surface area contributed by atoms with Gasteiger partial charge in [-0.1, -0.05) is 18.2 Å². The van der Waals surface area contributed by atoms with E-state index in [1.54, 1.807) is 18.2 Å². The molecule has 114 valence electrons. The zero-order valence-corrected chi connectivity index (χ0v) is 11.6. The monoisotopic (exact) mass is 294 g/mol. The predicted molar refractivity (Wildman–Crippen MR) is 74.1 cm³/mol. The Balaban J connectivity index is 1.78. The summed E-state index contributed by atoms with van der Waals surface area (Å²) in [4.78, 5) is 12.3. The summed E-state index contributed by atoms with van der Waals surface area (Å²) >= 11 is 0. The summed E-state index contributed by atoms with van der Waals surface area (Å²) in [5.41, 5.74) is -0.407. The number of carbonyl (C=O) groups is 1. The minimum Gasteiger partial charge on any atom is -0.393 e. The maximum absolute atomic E-state index is 14.0. The molecule has 6 heteroatoms. The Bertz CT molecular complexity index is 525. The van der Waals surface area contributed by atoms with Gasteiger partial charge in [0.25, 0.3) is 5.91 Å². The number of halogens is 1. The van der Waals surface area contributed by atoms with Gasteiger partial charge in [-0.3, -0.25) is 4.79 Å². The van der Waals surface area contributed by atoms with Crippen LogP contribution in [0.25, 0.3) is 0 Å². The second kappa shape index (κ2) is 5.71. The number of carbonyl (C=O) groups excluding carboxylic acids is 1. The lowest BCUT2D eigenvalue weighted by Crippen LogP contribution is -2.60. The number of morpholine rings is 1. The van der Waals surface area contributed by atoms with Crippen LogP contribution in [0.3, 0.4) is 0 Å². The molecule has 3 N–H and O–H groups in total. The van der Waals surface area contributed by atoms with E-state index in [1.165, 1.54) is 6.07 Å². The topological polar surface area (TPSA) is 70.6 Å². The summed E-state index contributed by atoms with van der Waals surface area (Å²) in [7, 11) is 0. The predicted octanol–water partition coefficient (Wildman–Crippen LogP) is 0.280. The van der Waals surface area contributed by atoms with E-state index >= 15 is 0 Å². The summed E-state index contributed by atoms with van der Waals surface area (Å²) in [6.07, 6.45) is -0.449. The molecule has 1 heterocycles. The molecule has 1 amide bonds. The molecule has 5 nitrogen and oxygen atoms in total. The Labute approximate surface area is 122 Å². The van der Waals surface area contributed by atoms with Gasteiger partial charge in [0.2, 0.25) is 0 Å².